The van der Waals surface area contributed by atoms with Crippen molar-refractivity contribution in [1.29, 1.82) is 0 Å². The first-order chi connectivity index (χ1) is 11.7. The molecule has 0 saturated carbocycles. The van der Waals surface area contributed by atoms with Crippen LogP contribution in [0, 0.1) is 0 Å². The van der Waals surface area contributed by atoms with Crippen LogP contribution in [0.1, 0.15) is 43.5 Å². The predicted octanol–water partition coefficient (Wildman–Crippen LogP) is 0.927. The molecule has 0 aliphatic carbocycles. The molecule has 1 aromatic carbocycles. The van der Waals surface area contributed by atoms with E-state index in [2.05, 4.69) is 10.0 Å². The van der Waals surface area contributed by atoms with Crippen LogP contribution in [0.3, 0.4) is 0 Å². The van der Waals surface area contributed by atoms with Crippen LogP contribution < -0.4 is 10.0 Å². The van der Waals surface area contributed by atoms with Crippen molar-refractivity contribution in [1.82, 2.24) is 10.0 Å². The lowest BCUT2D eigenvalue weighted by atomic mass is 10.1. The van der Waals surface area contributed by atoms with E-state index in [-0.39, 0.29) is 29.2 Å². The fraction of sp³-hybridized carbons (Fsp3) is 0.438. The quantitative estimate of drug-likeness (QED) is 0.525. The van der Waals surface area contributed by atoms with Gasteiger partial charge in [0.15, 0.2) is 5.78 Å². The van der Waals surface area contributed by atoms with Gasteiger partial charge in [-0.3, -0.25) is 9.59 Å². The second-order valence-electron chi connectivity index (χ2n) is 5.48. The molecule has 3 N–H and O–H groups in total. The number of sulfonamides is 1. The number of nitrogens with one attached hydrogen (secondary N) is 2. The number of rotatable bonds is 10. The summed E-state index contributed by atoms with van der Waals surface area (Å²) in [4.78, 5) is 34.0. The van der Waals surface area contributed by atoms with E-state index in [1.165, 1.54) is 31.2 Å². The van der Waals surface area contributed by atoms with Crippen LogP contribution in [0.15, 0.2) is 29.2 Å². The number of benzene rings is 1. The molecule has 138 valence electrons. The molecular weight excluding hydrogens is 348 g/mol. The van der Waals surface area contributed by atoms with Crippen LogP contribution in [-0.2, 0) is 19.6 Å². The first kappa shape index (κ1) is 20.8. The van der Waals surface area contributed by atoms with Gasteiger partial charge in [0.25, 0.3) is 0 Å². The average molecular weight is 370 g/mol. The van der Waals surface area contributed by atoms with Crippen LogP contribution in [0.25, 0.3) is 0 Å². The minimum absolute atomic E-state index is 0.0741. The first-order valence-corrected chi connectivity index (χ1v) is 9.28. The Morgan fingerprint density at radius 3 is 2.48 bits per heavy atom. The SMILES string of the molecule is CCCC(NC(=O)CCNS(=O)(=O)c1cccc(C(C)=O)c1)C(=O)O. The van der Waals surface area contributed by atoms with E-state index in [1.807, 2.05) is 0 Å². The Labute approximate surface area is 146 Å². The summed E-state index contributed by atoms with van der Waals surface area (Å²) in [5.74, 6) is -1.94. The van der Waals surface area contributed by atoms with E-state index < -0.39 is 27.9 Å². The van der Waals surface area contributed by atoms with E-state index in [0.29, 0.717) is 12.8 Å². The van der Waals surface area contributed by atoms with Gasteiger partial charge in [-0.1, -0.05) is 25.5 Å². The Hall–Kier alpha value is -2.26. The van der Waals surface area contributed by atoms with Crippen LogP contribution in [0.4, 0.5) is 0 Å². The zero-order valence-corrected chi connectivity index (χ0v) is 14.9. The zero-order valence-electron chi connectivity index (χ0n) is 14.1. The highest BCUT2D eigenvalue weighted by atomic mass is 32.2. The largest absolute Gasteiger partial charge is 0.480 e. The van der Waals surface area contributed by atoms with Gasteiger partial charge in [-0.15, -0.1) is 0 Å². The van der Waals surface area contributed by atoms with Gasteiger partial charge in [0.2, 0.25) is 15.9 Å². The third kappa shape index (κ3) is 6.63. The number of ketones is 1. The van der Waals surface area contributed by atoms with Crippen LogP contribution in [0.5, 0.6) is 0 Å². The van der Waals surface area contributed by atoms with E-state index >= 15 is 0 Å². The van der Waals surface area contributed by atoms with Gasteiger partial charge < -0.3 is 10.4 Å². The Bertz CT molecular complexity index is 745. The van der Waals surface area contributed by atoms with Crippen molar-refractivity contribution >= 4 is 27.7 Å². The molecule has 0 saturated heterocycles. The number of Topliss-reactive ketones (excluding diaryl/α,β-unsaturated/α-hetero) is 1. The molecule has 0 bridgehead atoms. The van der Waals surface area contributed by atoms with E-state index in [9.17, 15) is 22.8 Å². The van der Waals surface area contributed by atoms with E-state index in [1.54, 1.807) is 6.92 Å². The molecule has 0 aliphatic rings. The Morgan fingerprint density at radius 2 is 1.92 bits per heavy atom. The molecule has 0 spiro atoms. The van der Waals surface area contributed by atoms with E-state index in [0.717, 1.165) is 0 Å². The molecule has 0 heterocycles. The van der Waals surface area contributed by atoms with Crippen molar-refractivity contribution < 1.29 is 27.9 Å². The zero-order chi connectivity index (χ0) is 19.0. The Kier molecular flexibility index (Phi) is 7.72. The summed E-state index contributed by atoms with van der Waals surface area (Å²) < 4.78 is 26.6. The number of carboxylic acids is 1. The molecular formula is C16H22N2O6S. The van der Waals surface area contributed by atoms with Gasteiger partial charge in [0.05, 0.1) is 4.90 Å². The van der Waals surface area contributed by atoms with Gasteiger partial charge in [0.1, 0.15) is 6.04 Å². The highest BCUT2D eigenvalue weighted by Crippen LogP contribution is 2.12. The van der Waals surface area contributed by atoms with Crippen molar-refractivity contribution in [3.05, 3.63) is 29.8 Å². The number of carbonyl (C=O) groups is 3. The number of hydrogen-bond donors (Lipinski definition) is 3. The number of aliphatic carboxylic acids is 1. The van der Waals surface area contributed by atoms with Crippen molar-refractivity contribution in [2.24, 2.45) is 0 Å². The maximum absolute atomic E-state index is 12.2. The number of amides is 1. The molecule has 0 radical (unpaired) electrons. The monoisotopic (exact) mass is 370 g/mol. The van der Waals surface area contributed by atoms with Crippen molar-refractivity contribution in [2.75, 3.05) is 6.54 Å². The number of carbonyl (C=O) groups excluding carboxylic acids is 2. The fourth-order valence-electron chi connectivity index (χ4n) is 2.08. The maximum atomic E-state index is 12.2. The average Bonchev–Trinajstić information content (AvgIpc) is 2.54. The second kappa shape index (κ2) is 9.28. The molecule has 1 rings (SSSR count). The number of carboxylic acid groups (broad SMARTS) is 1. The van der Waals surface area contributed by atoms with Gasteiger partial charge in [-0.25, -0.2) is 17.9 Å². The van der Waals surface area contributed by atoms with Crippen molar-refractivity contribution in [3.63, 3.8) is 0 Å². The van der Waals surface area contributed by atoms with Crippen molar-refractivity contribution in [2.45, 2.75) is 44.0 Å². The minimum Gasteiger partial charge on any atom is -0.480 e. The molecule has 1 atom stereocenters. The lowest BCUT2D eigenvalue weighted by molar-refractivity contribution is -0.142. The highest BCUT2D eigenvalue weighted by molar-refractivity contribution is 7.89. The van der Waals surface area contributed by atoms with Gasteiger partial charge in [-0.2, -0.15) is 0 Å². The highest BCUT2D eigenvalue weighted by Gasteiger charge is 2.19. The molecule has 25 heavy (non-hydrogen) atoms. The topological polar surface area (TPSA) is 130 Å². The molecule has 1 unspecified atom stereocenters. The van der Waals surface area contributed by atoms with Gasteiger partial charge in [-0.05, 0) is 25.5 Å². The van der Waals surface area contributed by atoms with E-state index in [4.69, 9.17) is 5.11 Å². The molecule has 1 aromatic rings. The van der Waals surface area contributed by atoms with Crippen LogP contribution in [-0.4, -0.2) is 43.8 Å². The summed E-state index contributed by atoms with van der Waals surface area (Å²) in [6.07, 6.45) is 0.695. The molecule has 9 heteroatoms. The van der Waals surface area contributed by atoms with Crippen molar-refractivity contribution in [3.8, 4) is 0 Å². The molecule has 0 aromatic heterocycles. The van der Waals surface area contributed by atoms with Gasteiger partial charge in [0, 0.05) is 18.5 Å². The molecule has 1 amide bonds. The predicted molar refractivity (Wildman–Crippen MR) is 90.7 cm³/mol. The van der Waals surface area contributed by atoms with Crippen LogP contribution >= 0.6 is 0 Å². The minimum atomic E-state index is -3.87. The Morgan fingerprint density at radius 1 is 1.24 bits per heavy atom. The molecule has 0 aliphatic heterocycles. The summed E-state index contributed by atoms with van der Waals surface area (Å²) >= 11 is 0. The normalized spacial score (nSPS) is 12.4. The summed E-state index contributed by atoms with van der Waals surface area (Å²) in [6.45, 7) is 2.95. The lowest BCUT2D eigenvalue weighted by Gasteiger charge is -2.13. The summed E-state index contributed by atoms with van der Waals surface area (Å²) in [7, 11) is -3.87. The molecule has 8 nitrogen and oxygen atoms in total. The summed E-state index contributed by atoms with van der Waals surface area (Å²) in [5, 5.41) is 11.3. The standard InChI is InChI=1S/C16H22N2O6S/c1-3-5-14(16(21)22)18-15(20)8-9-17-25(23,24)13-7-4-6-12(10-13)11(2)19/h4,6-7,10,14,17H,3,5,8-9H2,1-2H3,(H,18,20)(H,21,22). The third-order valence-corrected chi connectivity index (χ3v) is 4.86. The third-order valence-electron chi connectivity index (χ3n) is 3.41. The number of hydrogen-bond acceptors (Lipinski definition) is 5. The summed E-state index contributed by atoms with van der Waals surface area (Å²) in [6, 6.07) is 4.58. The summed E-state index contributed by atoms with van der Waals surface area (Å²) in [5.41, 5.74) is 0.268. The molecule has 0 fully saturated rings. The second-order valence-corrected chi connectivity index (χ2v) is 7.25. The first-order valence-electron chi connectivity index (χ1n) is 7.80. The Balaban J connectivity index is 2.62. The lowest BCUT2D eigenvalue weighted by Crippen LogP contribution is -2.41. The van der Waals surface area contributed by atoms with Crippen LogP contribution in [0.2, 0.25) is 0 Å². The fourth-order valence-corrected chi connectivity index (χ4v) is 3.15. The maximum Gasteiger partial charge on any atom is 0.326 e. The van der Waals surface area contributed by atoms with Gasteiger partial charge >= 0.3 is 5.97 Å². The smallest absolute Gasteiger partial charge is 0.326 e.